The van der Waals surface area contributed by atoms with Crippen LogP contribution in [0.5, 0.6) is 0 Å². The molecule has 0 bridgehead atoms. The maximum Gasteiger partial charge on any atom is 0.214 e. The Bertz CT molecular complexity index is 344. The molecule has 1 aromatic rings. The highest BCUT2D eigenvalue weighted by Crippen LogP contribution is 2.30. The molecule has 0 saturated carbocycles. The average Bonchev–Trinajstić information content (AvgIpc) is 2.47. The molecule has 4 heteroatoms. The number of carbonyl (C=O) groups excluding carboxylic acids is 2. The molecule has 0 radical (unpaired) electrons. The first kappa shape index (κ1) is 9.71. The second-order valence-corrected chi connectivity index (χ2v) is 3.44. The lowest BCUT2D eigenvalue weighted by molar-refractivity contribution is -0.108. The number of amides is 2. The van der Waals surface area contributed by atoms with Crippen LogP contribution in [0.4, 0.5) is 11.4 Å². The molecule has 0 aromatic heterocycles. The predicted molar refractivity (Wildman–Crippen MR) is 57.9 cm³/mol. The van der Waals surface area contributed by atoms with E-state index < -0.39 is 0 Å². The zero-order valence-electron chi connectivity index (χ0n) is 8.30. The van der Waals surface area contributed by atoms with Crippen molar-refractivity contribution in [2.75, 3.05) is 22.9 Å². The highest BCUT2D eigenvalue weighted by atomic mass is 16.1. The van der Waals surface area contributed by atoms with Crippen LogP contribution in [0.3, 0.4) is 0 Å². The van der Waals surface area contributed by atoms with Crippen molar-refractivity contribution in [3.63, 3.8) is 0 Å². The number of anilines is 2. The van der Waals surface area contributed by atoms with Gasteiger partial charge in [-0.25, -0.2) is 0 Å². The van der Waals surface area contributed by atoms with Gasteiger partial charge in [0, 0.05) is 13.1 Å². The largest absolute Gasteiger partial charge is 0.313 e. The number of carbonyl (C=O) groups is 2. The van der Waals surface area contributed by atoms with E-state index >= 15 is 0 Å². The van der Waals surface area contributed by atoms with Crippen LogP contribution in [0.2, 0.25) is 0 Å². The molecule has 0 aliphatic carbocycles. The van der Waals surface area contributed by atoms with Crippen LogP contribution in [0.15, 0.2) is 24.3 Å². The number of hydrogen-bond donors (Lipinski definition) is 0. The molecule has 1 aliphatic heterocycles. The summed E-state index contributed by atoms with van der Waals surface area (Å²) in [4.78, 5) is 25.1. The maximum atomic E-state index is 10.9. The van der Waals surface area contributed by atoms with Gasteiger partial charge in [0.25, 0.3) is 0 Å². The van der Waals surface area contributed by atoms with Crippen LogP contribution in [-0.4, -0.2) is 25.9 Å². The fourth-order valence-electron chi connectivity index (χ4n) is 1.82. The molecular formula is C11H12N2O2. The molecule has 1 aromatic carbocycles. The van der Waals surface area contributed by atoms with Gasteiger partial charge >= 0.3 is 0 Å². The van der Waals surface area contributed by atoms with E-state index in [0.29, 0.717) is 13.1 Å². The number of fused-ring (bicyclic) bond motifs is 1. The molecule has 1 aliphatic rings. The lowest BCUT2D eigenvalue weighted by atomic mass is 10.2. The highest BCUT2D eigenvalue weighted by molar-refractivity contribution is 5.90. The summed E-state index contributed by atoms with van der Waals surface area (Å²) in [7, 11) is 0. The number of hydrogen-bond acceptors (Lipinski definition) is 2. The van der Waals surface area contributed by atoms with Crippen molar-refractivity contribution in [2.45, 2.75) is 6.42 Å². The van der Waals surface area contributed by atoms with E-state index in [1.807, 2.05) is 24.3 Å². The number of rotatable bonds is 2. The molecule has 0 saturated heterocycles. The van der Waals surface area contributed by atoms with Gasteiger partial charge in [-0.3, -0.25) is 9.59 Å². The van der Waals surface area contributed by atoms with Crippen molar-refractivity contribution in [1.29, 1.82) is 0 Å². The van der Waals surface area contributed by atoms with Gasteiger partial charge in [-0.2, -0.15) is 0 Å². The Hall–Kier alpha value is -1.84. The molecule has 0 fully saturated rings. The summed E-state index contributed by atoms with van der Waals surface area (Å²) >= 11 is 0. The van der Waals surface area contributed by atoms with E-state index in [1.165, 1.54) is 0 Å². The molecule has 2 amide bonds. The maximum absolute atomic E-state index is 10.9. The topological polar surface area (TPSA) is 40.6 Å². The van der Waals surface area contributed by atoms with Crippen molar-refractivity contribution in [3.05, 3.63) is 24.3 Å². The molecule has 78 valence electrons. The van der Waals surface area contributed by atoms with Gasteiger partial charge in [0.05, 0.1) is 11.4 Å². The second-order valence-electron chi connectivity index (χ2n) is 3.44. The minimum absolute atomic E-state index is 0.658. The highest BCUT2D eigenvalue weighted by Gasteiger charge is 2.18. The van der Waals surface area contributed by atoms with Crippen LogP contribution in [0.25, 0.3) is 0 Å². The van der Waals surface area contributed by atoms with Gasteiger partial charge in [0.2, 0.25) is 12.8 Å². The van der Waals surface area contributed by atoms with Gasteiger partial charge in [-0.05, 0) is 18.6 Å². The first-order valence-electron chi connectivity index (χ1n) is 4.89. The minimum Gasteiger partial charge on any atom is -0.313 e. The summed E-state index contributed by atoms with van der Waals surface area (Å²) in [5, 5.41) is 0. The molecule has 15 heavy (non-hydrogen) atoms. The molecular weight excluding hydrogens is 192 g/mol. The summed E-state index contributed by atoms with van der Waals surface area (Å²) in [6.45, 7) is 1.32. The Balaban J connectivity index is 2.48. The van der Waals surface area contributed by atoms with E-state index in [1.54, 1.807) is 9.80 Å². The summed E-state index contributed by atoms with van der Waals surface area (Å²) in [5.74, 6) is 0. The van der Waals surface area contributed by atoms with Gasteiger partial charge in [0.1, 0.15) is 0 Å². The van der Waals surface area contributed by atoms with Gasteiger partial charge in [0.15, 0.2) is 0 Å². The Morgan fingerprint density at radius 3 is 1.80 bits per heavy atom. The van der Waals surface area contributed by atoms with Gasteiger partial charge in [-0.15, -0.1) is 0 Å². The lowest BCUT2D eigenvalue weighted by Gasteiger charge is -2.19. The Kier molecular flexibility index (Phi) is 2.67. The monoisotopic (exact) mass is 204 g/mol. The normalized spacial score (nSPS) is 15.5. The Morgan fingerprint density at radius 1 is 0.933 bits per heavy atom. The smallest absolute Gasteiger partial charge is 0.214 e. The summed E-state index contributed by atoms with van der Waals surface area (Å²) in [6.07, 6.45) is 2.42. The van der Waals surface area contributed by atoms with Crippen molar-refractivity contribution in [2.24, 2.45) is 0 Å². The zero-order valence-corrected chi connectivity index (χ0v) is 8.30. The number of nitrogens with zero attached hydrogens (tertiary/aromatic N) is 2. The zero-order chi connectivity index (χ0) is 10.7. The van der Waals surface area contributed by atoms with E-state index in [2.05, 4.69) is 0 Å². The fraction of sp³-hybridized carbons (Fsp3) is 0.273. The second kappa shape index (κ2) is 4.13. The molecule has 0 unspecified atom stereocenters. The molecule has 1 heterocycles. The van der Waals surface area contributed by atoms with Crippen LogP contribution < -0.4 is 9.80 Å². The third-order valence-electron chi connectivity index (χ3n) is 2.55. The van der Waals surface area contributed by atoms with Crippen LogP contribution in [0, 0.1) is 0 Å². The summed E-state index contributed by atoms with van der Waals surface area (Å²) < 4.78 is 0. The van der Waals surface area contributed by atoms with E-state index in [-0.39, 0.29) is 0 Å². The van der Waals surface area contributed by atoms with Crippen molar-refractivity contribution in [1.82, 2.24) is 0 Å². The lowest BCUT2D eigenvalue weighted by Crippen LogP contribution is -2.21. The third kappa shape index (κ3) is 1.70. The summed E-state index contributed by atoms with van der Waals surface area (Å²) in [6, 6.07) is 7.43. The minimum atomic E-state index is 0.658. The molecule has 2 rings (SSSR count). The van der Waals surface area contributed by atoms with Gasteiger partial charge < -0.3 is 9.80 Å². The third-order valence-corrected chi connectivity index (χ3v) is 2.55. The van der Waals surface area contributed by atoms with Crippen LogP contribution >= 0.6 is 0 Å². The molecule has 0 atom stereocenters. The van der Waals surface area contributed by atoms with Crippen molar-refractivity contribution < 1.29 is 9.59 Å². The first-order chi connectivity index (χ1) is 7.36. The van der Waals surface area contributed by atoms with Crippen LogP contribution in [-0.2, 0) is 9.59 Å². The Morgan fingerprint density at radius 2 is 1.40 bits per heavy atom. The number of para-hydroxylation sites is 2. The van der Waals surface area contributed by atoms with Gasteiger partial charge in [-0.1, -0.05) is 12.1 Å². The van der Waals surface area contributed by atoms with Crippen molar-refractivity contribution >= 4 is 24.2 Å². The first-order valence-corrected chi connectivity index (χ1v) is 4.89. The van der Waals surface area contributed by atoms with E-state index in [0.717, 1.165) is 30.6 Å². The summed E-state index contributed by atoms with van der Waals surface area (Å²) in [5.41, 5.74) is 1.61. The SMILES string of the molecule is O=CN1CCCN(C=O)c2ccccc21. The predicted octanol–water partition coefficient (Wildman–Crippen LogP) is 1.02. The molecule has 0 spiro atoms. The van der Waals surface area contributed by atoms with E-state index in [9.17, 15) is 9.59 Å². The molecule has 0 N–H and O–H groups in total. The van der Waals surface area contributed by atoms with Crippen molar-refractivity contribution in [3.8, 4) is 0 Å². The quantitative estimate of drug-likeness (QED) is 0.675. The standard InChI is InChI=1S/C11H12N2O2/c14-8-12-6-3-7-13(9-15)11-5-2-1-4-10(11)12/h1-2,4-5,8-9H,3,6-7H2. The van der Waals surface area contributed by atoms with Crippen LogP contribution in [0.1, 0.15) is 6.42 Å². The molecule has 4 nitrogen and oxygen atoms in total. The fourth-order valence-corrected chi connectivity index (χ4v) is 1.82. The van der Waals surface area contributed by atoms with E-state index in [4.69, 9.17) is 0 Å². The average molecular weight is 204 g/mol. The number of benzene rings is 1. The Labute approximate surface area is 88.1 Å².